The summed E-state index contributed by atoms with van der Waals surface area (Å²) < 4.78 is 16.5. The summed E-state index contributed by atoms with van der Waals surface area (Å²) in [6.07, 6.45) is 1.80. The van der Waals surface area contributed by atoms with E-state index in [0.29, 0.717) is 51.8 Å². The lowest BCUT2D eigenvalue weighted by Gasteiger charge is -2.20. The Labute approximate surface area is 217 Å². The van der Waals surface area contributed by atoms with E-state index in [4.69, 9.17) is 11.6 Å². The maximum absolute atomic E-state index is 14.8. The van der Waals surface area contributed by atoms with Crippen LogP contribution in [0.25, 0.3) is 17.1 Å². The van der Waals surface area contributed by atoms with Crippen molar-refractivity contribution < 1.29 is 9.18 Å². The minimum Gasteiger partial charge on any atom is -0.337 e. The lowest BCUT2D eigenvalue weighted by Crippen LogP contribution is -2.32. The molecule has 0 fully saturated rings. The van der Waals surface area contributed by atoms with Crippen LogP contribution in [-0.4, -0.2) is 43.6 Å². The molecule has 35 heavy (non-hydrogen) atoms. The molecule has 0 atom stereocenters. The van der Waals surface area contributed by atoms with Crippen molar-refractivity contribution in [1.82, 2.24) is 24.6 Å². The Hall–Kier alpha value is -2.75. The second kappa shape index (κ2) is 11.8. The number of halogens is 2. The van der Waals surface area contributed by atoms with Crippen LogP contribution >= 0.6 is 34.7 Å². The summed E-state index contributed by atoms with van der Waals surface area (Å²) in [4.78, 5) is 19.3. The molecule has 0 aliphatic heterocycles. The van der Waals surface area contributed by atoms with Gasteiger partial charge in [0.15, 0.2) is 11.0 Å². The Balaban J connectivity index is 1.61. The molecule has 2 aromatic heterocycles. The molecule has 0 unspecified atom stereocenters. The Morgan fingerprint density at radius 2 is 1.80 bits per heavy atom. The number of carbonyl (C=O) groups is 1. The minimum atomic E-state index is -0.392. The van der Waals surface area contributed by atoms with Crippen LogP contribution in [0.1, 0.15) is 42.2 Å². The zero-order valence-corrected chi connectivity index (χ0v) is 21.8. The van der Waals surface area contributed by atoms with Gasteiger partial charge in [-0.1, -0.05) is 61.5 Å². The van der Waals surface area contributed by atoms with Gasteiger partial charge < -0.3 is 4.90 Å². The molecule has 4 aromatic rings. The van der Waals surface area contributed by atoms with Gasteiger partial charge in [-0.3, -0.25) is 9.36 Å². The molecule has 0 aliphatic carbocycles. The third-order valence-electron chi connectivity index (χ3n) is 5.21. The number of carbonyl (C=O) groups excluding carboxylic acids is 1. The lowest BCUT2D eigenvalue weighted by molar-refractivity contribution is 0.0750. The molecule has 0 saturated heterocycles. The van der Waals surface area contributed by atoms with Gasteiger partial charge in [0.05, 0.1) is 16.5 Å². The molecular weight excluding hydrogens is 505 g/mol. The molecule has 2 aromatic carbocycles. The Morgan fingerprint density at radius 1 is 1.09 bits per heavy atom. The van der Waals surface area contributed by atoms with E-state index in [1.165, 1.54) is 29.2 Å². The van der Waals surface area contributed by atoms with Crippen molar-refractivity contribution in [3.63, 3.8) is 0 Å². The van der Waals surface area contributed by atoms with Gasteiger partial charge in [-0.15, -0.1) is 21.5 Å². The zero-order chi connectivity index (χ0) is 24.8. The van der Waals surface area contributed by atoms with Crippen LogP contribution in [0.3, 0.4) is 0 Å². The molecule has 0 bridgehead atoms. The van der Waals surface area contributed by atoms with Crippen LogP contribution in [0.5, 0.6) is 0 Å². The van der Waals surface area contributed by atoms with E-state index < -0.39 is 5.82 Å². The first-order chi connectivity index (χ1) is 17.0. The predicted octanol–water partition coefficient (Wildman–Crippen LogP) is 6.74. The molecule has 0 radical (unpaired) electrons. The molecule has 1 amide bonds. The standard InChI is InChI=1S/C25H25ClFN5OS2/c1-3-13-31(14-4-2)24(33)20-15-34-22(28-20)16-35-25-30-29-23(17-9-5-6-10-18(17)26)32(25)21-12-8-7-11-19(21)27/h5-12,15H,3-4,13-14,16H2,1-2H3. The molecule has 4 rings (SSSR count). The van der Waals surface area contributed by atoms with E-state index in [1.54, 1.807) is 34.2 Å². The molecule has 0 aliphatic rings. The highest BCUT2D eigenvalue weighted by Crippen LogP contribution is 2.34. The Morgan fingerprint density at radius 3 is 2.51 bits per heavy atom. The van der Waals surface area contributed by atoms with Crippen molar-refractivity contribution in [2.24, 2.45) is 0 Å². The Kier molecular flexibility index (Phi) is 8.54. The van der Waals surface area contributed by atoms with Gasteiger partial charge in [0.1, 0.15) is 16.5 Å². The van der Waals surface area contributed by atoms with Crippen LogP contribution < -0.4 is 0 Å². The number of hydrogen-bond donors (Lipinski definition) is 0. The molecule has 0 spiro atoms. The fourth-order valence-electron chi connectivity index (χ4n) is 3.65. The van der Waals surface area contributed by atoms with E-state index in [9.17, 15) is 9.18 Å². The number of benzene rings is 2. The maximum atomic E-state index is 14.8. The number of thioether (sulfide) groups is 1. The summed E-state index contributed by atoms with van der Waals surface area (Å²) in [5.74, 6) is 0.482. The Bertz CT molecular complexity index is 1300. The number of aromatic nitrogens is 4. The van der Waals surface area contributed by atoms with Crippen molar-refractivity contribution in [3.8, 4) is 17.1 Å². The summed E-state index contributed by atoms with van der Waals surface area (Å²) in [6.45, 7) is 5.54. The summed E-state index contributed by atoms with van der Waals surface area (Å²) in [6, 6.07) is 13.8. The average Bonchev–Trinajstić information content (AvgIpc) is 3.50. The van der Waals surface area contributed by atoms with Crippen molar-refractivity contribution >= 4 is 40.6 Å². The van der Waals surface area contributed by atoms with Crippen LogP contribution in [-0.2, 0) is 5.75 Å². The van der Waals surface area contributed by atoms with E-state index in [-0.39, 0.29) is 5.91 Å². The van der Waals surface area contributed by atoms with Crippen LogP contribution in [0.4, 0.5) is 4.39 Å². The van der Waals surface area contributed by atoms with E-state index >= 15 is 0 Å². The molecule has 10 heteroatoms. The van der Waals surface area contributed by atoms with Crippen molar-refractivity contribution in [3.05, 3.63) is 75.5 Å². The normalized spacial score (nSPS) is 11.1. The predicted molar refractivity (Wildman–Crippen MR) is 140 cm³/mol. The van der Waals surface area contributed by atoms with E-state index in [1.807, 2.05) is 23.1 Å². The lowest BCUT2D eigenvalue weighted by atomic mass is 10.2. The monoisotopic (exact) mass is 529 g/mol. The highest BCUT2D eigenvalue weighted by Gasteiger charge is 2.21. The summed E-state index contributed by atoms with van der Waals surface area (Å²) in [5, 5.41) is 12.3. The first-order valence-electron chi connectivity index (χ1n) is 11.3. The third-order valence-corrected chi connectivity index (χ3v) is 7.51. The van der Waals surface area contributed by atoms with Crippen LogP contribution in [0, 0.1) is 5.82 Å². The van der Waals surface area contributed by atoms with E-state index in [0.717, 1.165) is 17.8 Å². The number of thiazole rings is 1. The van der Waals surface area contributed by atoms with Gasteiger partial charge in [0.25, 0.3) is 5.91 Å². The third kappa shape index (κ3) is 5.74. The van der Waals surface area contributed by atoms with Gasteiger partial charge in [0, 0.05) is 24.0 Å². The summed E-state index contributed by atoms with van der Waals surface area (Å²) in [5.41, 5.74) is 1.45. The van der Waals surface area contributed by atoms with Crippen molar-refractivity contribution in [2.75, 3.05) is 13.1 Å². The zero-order valence-electron chi connectivity index (χ0n) is 19.4. The first-order valence-corrected chi connectivity index (χ1v) is 13.6. The van der Waals surface area contributed by atoms with Gasteiger partial charge in [-0.05, 0) is 37.1 Å². The minimum absolute atomic E-state index is 0.0447. The van der Waals surface area contributed by atoms with Crippen molar-refractivity contribution in [1.29, 1.82) is 0 Å². The average molecular weight is 530 g/mol. The van der Waals surface area contributed by atoms with E-state index in [2.05, 4.69) is 29.0 Å². The largest absolute Gasteiger partial charge is 0.337 e. The molecule has 0 saturated carbocycles. The van der Waals surface area contributed by atoms with Gasteiger partial charge in [-0.2, -0.15) is 0 Å². The summed E-state index contributed by atoms with van der Waals surface area (Å²) in [7, 11) is 0. The highest BCUT2D eigenvalue weighted by atomic mass is 35.5. The number of nitrogens with zero attached hydrogens (tertiary/aromatic N) is 5. The first kappa shape index (κ1) is 25.3. The van der Waals surface area contributed by atoms with Gasteiger partial charge in [0.2, 0.25) is 0 Å². The molecule has 0 N–H and O–H groups in total. The van der Waals surface area contributed by atoms with Gasteiger partial charge >= 0.3 is 0 Å². The fraction of sp³-hybridized carbons (Fsp3) is 0.280. The quantitative estimate of drug-likeness (QED) is 0.213. The fourth-order valence-corrected chi connectivity index (χ4v) is 5.60. The second-order valence-electron chi connectivity index (χ2n) is 7.78. The number of amides is 1. The number of hydrogen-bond acceptors (Lipinski definition) is 6. The molecule has 2 heterocycles. The van der Waals surface area contributed by atoms with Crippen LogP contribution in [0.2, 0.25) is 5.02 Å². The van der Waals surface area contributed by atoms with Crippen LogP contribution in [0.15, 0.2) is 59.1 Å². The number of rotatable bonds is 10. The molecule has 182 valence electrons. The van der Waals surface area contributed by atoms with Crippen molar-refractivity contribution in [2.45, 2.75) is 37.6 Å². The topological polar surface area (TPSA) is 63.9 Å². The highest BCUT2D eigenvalue weighted by molar-refractivity contribution is 7.98. The maximum Gasteiger partial charge on any atom is 0.273 e. The SMILES string of the molecule is CCCN(CCC)C(=O)c1csc(CSc2nnc(-c3ccccc3Cl)n2-c2ccccc2F)n1. The summed E-state index contributed by atoms with van der Waals surface area (Å²) >= 11 is 9.23. The molecule has 6 nitrogen and oxygen atoms in total. The number of para-hydroxylation sites is 1. The smallest absolute Gasteiger partial charge is 0.273 e. The molecular formula is C25H25ClFN5OS2. The van der Waals surface area contributed by atoms with Gasteiger partial charge in [-0.25, -0.2) is 9.37 Å². The second-order valence-corrected chi connectivity index (χ2v) is 10.1.